The summed E-state index contributed by atoms with van der Waals surface area (Å²) in [5.41, 5.74) is 0.765. The summed E-state index contributed by atoms with van der Waals surface area (Å²) in [6.45, 7) is 11.1. The summed E-state index contributed by atoms with van der Waals surface area (Å²) in [7, 11) is 0. The molecule has 1 heterocycles. The molecule has 1 aliphatic carbocycles. The molecular formula is C24H36N4O4. The number of ether oxygens (including phenoxy) is 3. The number of hydrogen-bond donors (Lipinski definition) is 2. The fourth-order valence-corrected chi connectivity index (χ4v) is 2.76. The van der Waals surface area contributed by atoms with Crippen LogP contribution in [0.2, 0.25) is 0 Å². The molecule has 1 aromatic heterocycles. The highest BCUT2D eigenvalue weighted by molar-refractivity contribution is 5.82. The molecule has 1 amide bonds. The summed E-state index contributed by atoms with van der Waals surface area (Å²) in [6.07, 6.45) is 13.1. The molecule has 0 aliphatic heterocycles. The maximum absolute atomic E-state index is 12.0. The molecule has 1 aliphatic rings. The van der Waals surface area contributed by atoms with Crippen LogP contribution in [0, 0.1) is 0 Å². The molecule has 2 N–H and O–H groups in total. The van der Waals surface area contributed by atoms with Gasteiger partial charge in [0.25, 0.3) is 0 Å². The van der Waals surface area contributed by atoms with Crippen molar-refractivity contribution < 1.29 is 19.0 Å². The zero-order valence-electron chi connectivity index (χ0n) is 19.9. The van der Waals surface area contributed by atoms with Crippen molar-refractivity contribution in [2.24, 2.45) is 0 Å². The molecule has 0 spiro atoms. The monoisotopic (exact) mass is 444 g/mol. The third-order valence-electron chi connectivity index (χ3n) is 4.40. The smallest absolute Gasteiger partial charge is 0.414 e. The number of nitrogens with zero attached hydrogens (tertiary/aromatic N) is 2. The van der Waals surface area contributed by atoms with Crippen LogP contribution in [0.3, 0.4) is 0 Å². The number of allylic oxidation sites excluding steroid dienone is 5. The predicted octanol–water partition coefficient (Wildman–Crippen LogP) is 5.61. The second-order valence-corrected chi connectivity index (χ2v) is 8.36. The molecule has 32 heavy (non-hydrogen) atoms. The molecule has 1 aromatic rings. The highest BCUT2D eigenvalue weighted by Gasteiger charge is 2.18. The van der Waals surface area contributed by atoms with Crippen LogP contribution < -0.4 is 15.4 Å². The van der Waals surface area contributed by atoms with Crippen molar-refractivity contribution in [3.05, 3.63) is 41.8 Å². The highest BCUT2D eigenvalue weighted by Crippen LogP contribution is 2.23. The summed E-state index contributed by atoms with van der Waals surface area (Å²) in [6, 6.07) is 0. The molecule has 0 fully saturated rings. The van der Waals surface area contributed by atoms with E-state index in [1.54, 1.807) is 20.8 Å². The van der Waals surface area contributed by atoms with Gasteiger partial charge in [-0.3, -0.25) is 5.32 Å². The fourth-order valence-electron chi connectivity index (χ4n) is 2.76. The van der Waals surface area contributed by atoms with E-state index in [-0.39, 0.29) is 5.95 Å². The summed E-state index contributed by atoms with van der Waals surface area (Å²) in [5.74, 6) is 1.97. The van der Waals surface area contributed by atoms with E-state index < -0.39 is 11.7 Å². The van der Waals surface area contributed by atoms with E-state index in [4.69, 9.17) is 14.2 Å². The lowest BCUT2D eigenvalue weighted by atomic mass is 10.1. The van der Waals surface area contributed by atoms with Crippen molar-refractivity contribution >= 4 is 17.9 Å². The van der Waals surface area contributed by atoms with Crippen molar-refractivity contribution in [3.8, 4) is 5.75 Å². The molecule has 0 saturated heterocycles. The van der Waals surface area contributed by atoms with E-state index in [1.807, 2.05) is 12.2 Å². The fraction of sp³-hybridized carbons (Fsp3) is 0.542. The Morgan fingerprint density at radius 1 is 1.16 bits per heavy atom. The van der Waals surface area contributed by atoms with Gasteiger partial charge in [-0.2, -0.15) is 4.98 Å². The maximum Gasteiger partial charge on any atom is 0.414 e. The second kappa shape index (κ2) is 12.7. The minimum Gasteiger partial charge on any atom is -0.490 e. The van der Waals surface area contributed by atoms with Gasteiger partial charge in [-0.15, -0.1) is 0 Å². The number of unbranched alkanes of at least 4 members (excludes halogenated alkanes) is 1. The average Bonchev–Trinajstić information content (AvgIpc) is 2.96. The number of aromatic nitrogens is 2. The summed E-state index contributed by atoms with van der Waals surface area (Å²) >= 11 is 0. The van der Waals surface area contributed by atoms with Crippen LogP contribution in [-0.4, -0.2) is 41.4 Å². The minimum absolute atomic E-state index is 0.147. The standard InChI is InChI=1S/C24H36N4O4/c1-6-8-14-25-21-20(17-26-22(27-21)28-23(29)32-24(3,4)5)31-16-15-30-19-11-9-10-18(7-2)12-13-19/h9,11-13,17H,6-8,10,14-16H2,1-5H3,(H2,25,26,27,28,29). The number of carbonyl (C=O) groups is 1. The summed E-state index contributed by atoms with van der Waals surface area (Å²) in [5, 5.41) is 5.80. The Morgan fingerprint density at radius 2 is 1.94 bits per heavy atom. The Bertz CT molecular complexity index is 841. The van der Waals surface area contributed by atoms with Gasteiger partial charge in [-0.1, -0.05) is 38.0 Å². The molecule has 2 rings (SSSR count). The van der Waals surface area contributed by atoms with Crippen LogP contribution in [-0.2, 0) is 9.47 Å². The first-order valence-corrected chi connectivity index (χ1v) is 11.2. The maximum atomic E-state index is 12.0. The average molecular weight is 445 g/mol. The summed E-state index contributed by atoms with van der Waals surface area (Å²) in [4.78, 5) is 20.6. The molecule has 8 heteroatoms. The van der Waals surface area contributed by atoms with Crippen molar-refractivity contribution in [2.75, 3.05) is 30.4 Å². The molecule has 0 unspecified atom stereocenters. The van der Waals surface area contributed by atoms with Crippen LogP contribution in [0.15, 0.2) is 41.8 Å². The van der Waals surface area contributed by atoms with Gasteiger partial charge in [0.15, 0.2) is 11.6 Å². The van der Waals surface area contributed by atoms with Crippen LogP contribution >= 0.6 is 0 Å². The molecule has 0 saturated carbocycles. The van der Waals surface area contributed by atoms with Gasteiger partial charge in [0.05, 0.1) is 6.20 Å². The lowest BCUT2D eigenvalue weighted by molar-refractivity contribution is 0.0634. The molecule has 0 bridgehead atoms. The second-order valence-electron chi connectivity index (χ2n) is 8.36. The zero-order chi connectivity index (χ0) is 23.4. The molecular weight excluding hydrogens is 408 g/mol. The van der Waals surface area contributed by atoms with Crippen molar-refractivity contribution in [2.45, 2.75) is 65.9 Å². The largest absolute Gasteiger partial charge is 0.490 e. The lowest BCUT2D eigenvalue weighted by Crippen LogP contribution is -2.28. The van der Waals surface area contributed by atoms with Gasteiger partial charge in [0, 0.05) is 6.54 Å². The van der Waals surface area contributed by atoms with Gasteiger partial charge in [-0.25, -0.2) is 9.78 Å². The first-order chi connectivity index (χ1) is 15.3. The van der Waals surface area contributed by atoms with Gasteiger partial charge < -0.3 is 19.5 Å². The highest BCUT2D eigenvalue weighted by atomic mass is 16.6. The van der Waals surface area contributed by atoms with Gasteiger partial charge >= 0.3 is 6.09 Å². The molecule has 0 atom stereocenters. The summed E-state index contributed by atoms with van der Waals surface area (Å²) < 4.78 is 16.9. The van der Waals surface area contributed by atoms with E-state index in [0.717, 1.165) is 38.0 Å². The Hall–Kier alpha value is -3.03. The van der Waals surface area contributed by atoms with Crippen molar-refractivity contribution in [3.63, 3.8) is 0 Å². The normalized spacial score (nSPS) is 13.5. The molecule has 0 radical (unpaired) electrons. The zero-order valence-corrected chi connectivity index (χ0v) is 19.9. The number of amides is 1. The van der Waals surface area contributed by atoms with Crippen LogP contribution in [0.4, 0.5) is 16.6 Å². The Balaban J connectivity index is 1.96. The number of carbonyl (C=O) groups excluding carboxylic acids is 1. The van der Waals surface area contributed by atoms with E-state index >= 15 is 0 Å². The van der Waals surface area contributed by atoms with Gasteiger partial charge in [0.2, 0.25) is 5.95 Å². The van der Waals surface area contributed by atoms with Crippen molar-refractivity contribution in [1.82, 2.24) is 9.97 Å². The van der Waals surface area contributed by atoms with E-state index in [0.29, 0.717) is 24.8 Å². The quantitative estimate of drug-likeness (QED) is 0.428. The number of rotatable bonds is 11. The Labute approximate surface area is 191 Å². The molecule has 176 valence electrons. The number of anilines is 2. The van der Waals surface area contributed by atoms with Crippen molar-refractivity contribution in [1.29, 1.82) is 0 Å². The molecule has 0 aromatic carbocycles. The number of nitrogens with one attached hydrogen (secondary N) is 2. The van der Waals surface area contributed by atoms with Crippen LogP contribution in [0.5, 0.6) is 5.75 Å². The predicted molar refractivity (Wildman–Crippen MR) is 127 cm³/mol. The van der Waals surface area contributed by atoms with Gasteiger partial charge in [0.1, 0.15) is 24.6 Å². The first kappa shape index (κ1) is 25.2. The Morgan fingerprint density at radius 3 is 2.66 bits per heavy atom. The number of hydrogen-bond acceptors (Lipinski definition) is 7. The van der Waals surface area contributed by atoms with E-state index in [9.17, 15) is 4.79 Å². The molecule has 8 nitrogen and oxygen atoms in total. The first-order valence-electron chi connectivity index (χ1n) is 11.2. The third-order valence-corrected chi connectivity index (χ3v) is 4.40. The van der Waals surface area contributed by atoms with E-state index in [1.165, 1.54) is 11.8 Å². The van der Waals surface area contributed by atoms with Crippen LogP contribution in [0.1, 0.15) is 60.3 Å². The minimum atomic E-state index is -0.607. The Kier molecular flexibility index (Phi) is 10.0. The third kappa shape index (κ3) is 9.41. The topological polar surface area (TPSA) is 94.6 Å². The van der Waals surface area contributed by atoms with E-state index in [2.05, 4.69) is 46.6 Å². The van der Waals surface area contributed by atoms with Gasteiger partial charge in [-0.05, 0) is 52.2 Å². The SMILES string of the molecule is CCCCNc1nc(NC(=O)OC(C)(C)C)ncc1OCCOC1=CC=C(CC)CC=C1. The lowest BCUT2D eigenvalue weighted by Gasteiger charge is -2.19. The van der Waals surface area contributed by atoms with Crippen LogP contribution in [0.25, 0.3) is 0 Å².